The van der Waals surface area contributed by atoms with E-state index in [-0.39, 0.29) is 24.0 Å². The molecule has 1 aliphatic heterocycles. The Morgan fingerprint density at radius 1 is 0.923 bits per heavy atom. The molecule has 1 N–H and O–H groups in total. The largest absolute Gasteiger partial charge is 1.00 e. The highest BCUT2D eigenvalue weighted by Crippen LogP contribution is 2.43. The molecule has 0 saturated heterocycles. The lowest BCUT2D eigenvalue weighted by Crippen LogP contribution is -3.07. The van der Waals surface area contributed by atoms with Gasteiger partial charge in [0.15, 0.2) is 17.4 Å². The second kappa shape index (κ2) is 6.28. The first-order valence-corrected chi connectivity index (χ1v) is 8.80. The number of hydrogen-bond donors (Lipinski definition) is 1. The van der Waals surface area contributed by atoms with E-state index < -0.39 is 0 Å². The van der Waals surface area contributed by atoms with Crippen LogP contribution in [0.3, 0.4) is 0 Å². The zero-order chi connectivity index (χ0) is 17.1. The first-order valence-electron chi connectivity index (χ1n) is 8.80. The SMILES string of the molecule is Cc1ccc2c(oc3ccccc32)c1N1c2ccccc2[NH+](C)[C@@H]1C.[I-]. The average molecular weight is 456 g/mol. The van der Waals surface area contributed by atoms with E-state index in [0.717, 1.165) is 11.2 Å². The summed E-state index contributed by atoms with van der Waals surface area (Å²) < 4.78 is 6.32. The molecule has 4 heteroatoms. The number of para-hydroxylation sites is 3. The molecule has 5 rings (SSSR count). The molecule has 0 bridgehead atoms. The van der Waals surface area contributed by atoms with Gasteiger partial charge in [-0.1, -0.05) is 42.5 Å². The van der Waals surface area contributed by atoms with Crippen LogP contribution in [-0.4, -0.2) is 13.2 Å². The van der Waals surface area contributed by atoms with Gasteiger partial charge in [-0.05, 0) is 24.6 Å². The smallest absolute Gasteiger partial charge is 0.169 e. The van der Waals surface area contributed by atoms with E-state index in [4.69, 9.17) is 4.42 Å². The molecular weight excluding hydrogens is 435 g/mol. The second-order valence-corrected chi connectivity index (χ2v) is 6.95. The van der Waals surface area contributed by atoms with Crippen LogP contribution in [0.15, 0.2) is 65.1 Å². The van der Waals surface area contributed by atoms with Crippen LogP contribution in [0, 0.1) is 6.92 Å². The lowest BCUT2D eigenvalue weighted by Gasteiger charge is -2.25. The average Bonchev–Trinajstić information content (AvgIpc) is 3.12. The number of fused-ring (bicyclic) bond motifs is 4. The molecule has 4 aromatic rings. The molecule has 26 heavy (non-hydrogen) atoms. The third-order valence-electron chi connectivity index (χ3n) is 5.57. The van der Waals surface area contributed by atoms with Gasteiger partial charge in [0.2, 0.25) is 0 Å². The molecule has 0 aliphatic carbocycles. The summed E-state index contributed by atoms with van der Waals surface area (Å²) in [7, 11) is 2.23. The summed E-state index contributed by atoms with van der Waals surface area (Å²) in [5.41, 5.74) is 6.96. The van der Waals surface area contributed by atoms with Crippen molar-refractivity contribution in [1.29, 1.82) is 0 Å². The van der Waals surface area contributed by atoms with Crippen LogP contribution in [0.2, 0.25) is 0 Å². The third-order valence-corrected chi connectivity index (χ3v) is 5.57. The van der Waals surface area contributed by atoms with E-state index in [1.54, 1.807) is 0 Å². The zero-order valence-corrected chi connectivity index (χ0v) is 17.2. The molecule has 0 fully saturated rings. The molecule has 0 radical (unpaired) electrons. The summed E-state index contributed by atoms with van der Waals surface area (Å²) in [5.74, 6) is 0. The van der Waals surface area contributed by atoms with Crippen LogP contribution in [0.25, 0.3) is 21.9 Å². The Kier molecular flexibility index (Phi) is 4.20. The van der Waals surface area contributed by atoms with Gasteiger partial charge in [0.1, 0.15) is 11.3 Å². The highest BCUT2D eigenvalue weighted by molar-refractivity contribution is 6.10. The third kappa shape index (κ3) is 2.28. The molecule has 3 nitrogen and oxygen atoms in total. The Labute approximate surface area is 170 Å². The molecule has 2 atom stereocenters. The summed E-state index contributed by atoms with van der Waals surface area (Å²) in [6.45, 7) is 4.45. The van der Waals surface area contributed by atoms with Gasteiger partial charge in [0.05, 0.1) is 12.7 Å². The number of nitrogens with zero attached hydrogens (tertiary/aromatic N) is 1. The number of benzene rings is 3. The monoisotopic (exact) mass is 456 g/mol. The van der Waals surface area contributed by atoms with E-state index in [0.29, 0.717) is 6.17 Å². The van der Waals surface area contributed by atoms with Crippen LogP contribution in [0.4, 0.5) is 17.1 Å². The second-order valence-electron chi connectivity index (χ2n) is 6.95. The van der Waals surface area contributed by atoms with Crippen molar-refractivity contribution < 1.29 is 33.3 Å². The molecule has 2 heterocycles. The molecule has 1 aromatic heterocycles. The van der Waals surface area contributed by atoms with Crippen molar-refractivity contribution in [2.45, 2.75) is 20.0 Å². The van der Waals surface area contributed by atoms with E-state index >= 15 is 0 Å². The number of hydrogen-bond acceptors (Lipinski definition) is 2. The molecule has 1 unspecified atom stereocenters. The van der Waals surface area contributed by atoms with Gasteiger partial charge in [0, 0.05) is 23.8 Å². The van der Waals surface area contributed by atoms with Crippen LogP contribution in [0.1, 0.15) is 12.5 Å². The van der Waals surface area contributed by atoms with E-state index in [1.807, 2.05) is 12.1 Å². The number of aryl methyl sites for hydroxylation is 1. The normalized spacial score (nSPS) is 19.0. The first kappa shape index (κ1) is 17.4. The number of rotatable bonds is 1. The predicted molar refractivity (Wildman–Crippen MR) is 103 cm³/mol. The summed E-state index contributed by atoms with van der Waals surface area (Å²) in [5, 5.41) is 2.37. The van der Waals surface area contributed by atoms with Gasteiger partial charge in [0.25, 0.3) is 0 Å². The van der Waals surface area contributed by atoms with Crippen molar-refractivity contribution in [2.24, 2.45) is 0 Å². The van der Waals surface area contributed by atoms with Gasteiger partial charge >= 0.3 is 0 Å². The van der Waals surface area contributed by atoms with Crippen molar-refractivity contribution >= 4 is 39.0 Å². The van der Waals surface area contributed by atoms with E-state index in [1.165, 1.54) is 38.3 Å². The highest BCUT2D eigenvalue weighted by Gasteiger charge is 2.38. The Balaban J connectivity index is 0.00000168. The zero-order valence-electron chi connectivity index (χ0n) is 15.1. The summed E-state index contributed by atoms with van der Waals surface area (Å²) in [6, 6.07) is 21.3. The van der Waals surface area contributed by atoms with Gasteiger partial charge in [-0.2, -0.15) is 0 Å². The summed E-state index contributed by atoms with van der Waals surface area (Å²) in [4.78, 5) is 3.84. The fourth-order valence-corrected chi connectivity index (χ4v) is 4.13. The van der Waals surface area contributed by atoms with Crippen LogP contribution >= 0.6 is 0 Å². The van der Waals surface area contributed by atoms with Crippen LogP contribution < -0.4 is 33.8 Å². The van der Waals surface area contributed by atoms with Gasteiger partial charge in [-0.15, -0.1) is 0 Å². The predicted octanol–water partition coefficient (Wildman–Crippen LogP) is 1.54. The number of nitrogens with one attached hydrogen (secondary N) is 1. The molecule has 3 aromatic carbocycles. The lowest BCUT2D eigenvalue weighted by molar-refractivity contribution is -0.828. The van der Waals surface area contributed by atoms with Crippen LogP contribution in [-0.2, 0) is 0 Å². The minimum Gasteiger partial charge on any atom is -1.00 e. The fraction of sp³-hybridized carbons (Fsp3) is 0.182. The standard InChI is InChI=1S/C22H20N2O.HI/c1-14-12-13-17-16-8-4-7-11-20(16)25-22(17)21(14)24-15(2)23(3)18-9-5-6-10-19(18)24;/h4-13,15H,1-3H3;1H/t15-;/m0./s1. The van der Waals surface area contributed by atoms with Crippen molar-refractivity contribution in [1.82, 2.24) is 0 Å². The molecule has 1 aliphatic rings. The number of quaternary nitrogens is 1. The van der Waals surface area contributed by atoms with Gasteiger partial charge in [-0.3, -0.25) is 9.80 Å². The van der Waals surface area contributed by atoms with Gasteiger partial charge < -0.3 is 28.4 Å². The maximum Gasteiger partial charge on any atom is 0.169 e. The quantitative estimate of drug-likeness (QED) is 0.439. The summed E-state index contributed by atoms with van der Waals surface area (Å²) >= 11 is 0. The Bertz CT molecular complexity index is 1120. The number of furan rings is 1. The maximum atomic E-state index is 6.32. The lowest BCUT2D eigenvalue weighted by atomic mass is 10.1. The number of anilines is 2. The molecule has 132 valence electrons. The maximum absolute atomic E-state index is 6.32. The number of halogens is 1. The van der Waals surface area contributed by atoms with Crippen molar-refractivity contribution in [3.63, 3.8) is 0 Å². The highest BCUT2D eigenvalue weighted by atomic mass is 127. The fourth-order valence-electron chi connectivity index (χ4n) is 4.13. The van der Waals surface area contributed by atoms with Crippen molar-refractivity contribution in [2.75, 3.05) is 11.9 Å². The molecule has 0 spiro atoms. The van der Waals surface area contributed by atoms with Crippen LogP contribution in [0.5, 0.6) is 0 Å². The Morgan fingerprint density at radius 3 is 2.50 bits per heavy atom. The van der Waals surface area contributed by atoms with Gasteiger partial charge in [-0.25, -0.2) is 0 Å². The molecular formula is C22H21IN2O. The minimum absolute atomic E-state index is 0. The topological polar surface area (TPSA) is 20.8 Å². The first-order chi connectivity index (χ1) is 12.2. The molecule has 0 amide bonds. The molecule has 0 saturated carbocycles. The Hall–Kier alpha value is -2.05. The van der Waals surface area contributed by atoms with Crippen molar-refractivity contribution in [3.05, 3.63) is 66.2 Å². The minimum atomic E-state index is 0. The Morgan fingerprint density at radius 2 is 1.65 bits per heavy atom. The van der Waals surface area contributed by atoms with Crippen molar-refractivity contribution in [3.8, 4) is 0 Å². The van der Waals surface area contributed by atoms with E-state index in [2.05, 4.69) is 74.3 Å². The summed E-state index contributed by atoms with van der Waals surface area (Å²) in [6.07, 6.45) is 0.315. The van der Waals surface area contributed by atoms with E-state index in [9.17, 15) is 0 Å².